The molecule has 0 amide bonds. The number of H-pyrrole nitrogens is 1. The number of rotatable bonds is 3. The Hall–Kier alpha value is -1.44. The summed E-state index contributed by atoms with van der Waals surface area (Å²) in [5.41, 5.74) is 0.603. The van der Waals surface area contributed by atoms with Gasteiger partial charge in [-0.15, -0.1) is 0 Å². The highest BCUT2D eigenvalue weighted by Gasteiger charge is 2.32. The van der Waals surface area contributed by atoms with E-state index >= 15 is 0 Å². The van der Waals surface area contributed by atoms with Gasteiger partial charge in [0.2, 0.25) is 5.28 Å². The van der Waals surface area contributed by atoms with Crippen LogP contribution in [0.5, 0.6) is 0 Å². The van der Waals surface area contributed by atoms with Crippen LogP contribution in [0.15, 0.2) is 6.20 Å². The van der Waals surface area contributed by atoms with Crippen molar-refractivity contribution in [2.75, 3.05) is 18.5 Å². The fourth-order valence-electron chi connectivity index (χ4n) is 2.02. The minimum Gasteiger partial charge on any atom is -0.367 e. The Morgan fingerprint density at radius 1 is 1.53 bits per heavy atom. The molecule has 0 spiro atoms. The second kappa shape index (κ2) is 4.59. The number of halogens is 1. The van der Waals surface area contributed by atoms with Crippen molar-refractivity contribution in [2.45, 2.75) is 25.7 Å². The second-order valence-corrected chi connectivity index (χ2v) is 5.14. The highest BCUT2D eigenvalue weighted by atomic mass is 35.5. The molecule has 2 aromatic rings. The molecule has 0 bridgehead atoms. The molecule has 8 heteroatoms. The van der Waals surface area contributed by atoms with Crippen molar-refractivity contribution >= 4 is 28.5 Å². The van der Waals surface area contributed by atoms with Gasteiger partial charge >= 0.3 is 0 Å². The molecular weight excluding hydrogens is 270 g/mol. The number of aromatic nitrogens is 4. The Bertz CT molecular complexity index is 600. The predicted octanol–water partition coefficient (Wildman–Crippen LogP) is 1.57. The summed E-state index contributed by atoms with van der Waals surface area (Å²) in [7, 11) is 0. The van der Waals surface area contributed by atoms with E-state index in [0.717, 1.165) is 5.39 Å². The average molecular weight is 284 g/mol. The third-order valence-corrected chi connectivity index (χ3v) is 3.02. The van der Waals surface area contributed by atoms with Crippen molar-refractivity contribution in [3.05, 3.63) is 11.5 Å². The summed E-state index contributed by atoms with van der Waals surface area (Å²) in [5, 5.41) is 10.8. The van der Waals surface area contributed by atoms with Crippen LogP contribution in [0.25, 0.3) is 11.0 Å². The summed E-state index contributed by atoms with van der Waals surface area (Å²) >= 11 is 5.86. The van der Waals surface area contributed by atoms with Gasteiger partial charge in [-0.25, -0.2) is 0 Å². The number of hydrogen-bond donors (Lipinski definition) is 2. The Balaban J connectivity index is 1.73. The predicted molar refractivity (Wildman–Crippen MR) is 70.1 cm³/mol. The topological polar surface area (TPSA) is 85.0 Å². The number of nitrogens with zero attached hydrogens (tertiary/aromatic N) is 3. The van der Waals surface area contributed by atoms with E-state index in [9.17, 15) is 0 Å². The van der Waals surface area contributed by atoms with Crippen molar-refractivity contribution in [3.63, 3.8) is 0 Å². The minimum atomic E-state index is -0.527. The third-order valence-electron chi connectivity index (χ3n) is 2.85. The molecule has 1 saturated heterocycles. The maximum atomic E-state index is 5.86. The Labute approximate surface area is 114 Å². The molecule has 2 aromatic heterocycles. The second-order valence-electron chi connectivity index (χ2n) is 4.81. The molecule has 3 rings (SSSR count). The van der Waals surface area contributed by atoms with Gasteiger partial charge in [-0.2, -0.15) is 15.1 Å². The van der Waals surface area contributed by atoms with Crippen LogP contribution in [-0.2, 0) is 9.47 Å². The normalized spacial score (nSPS) is 21.9. The first-order valence-electron chi connectivity index (χ1n) is 5.96. The molecule has 0 aromatic carbocycles. The number of nitrogens with one attached hydrogen (secondary N) is 2. The quantitative estimate of drug-likeness (QED) is 0.832. The van der Waals surface area contributed by atoms with E-state index in [2.05, 4.69) is 25.5 Å². The smallest absolute Gasteiger partial charge is 0.226 e. The maximum Gasteiger partial charge on any atom is 0.226 e. The molecule has 19 heavy (non-hydrogen) atoms. The molecule has 1 aliphatic heterocycles. The number of ether oxygens (including phenoxy) is 2. The molecule has 1 atom stereocenters. The van der Waals surface area contributed by atoms with Crippen LogP contribution in [0, 0.1) is 0 Å². The summed E-state index contributed by atoms with van der Waals surface area (Å²) in [6.45, 7) is 4.91. The third kappa shape index (κ3) is 2.63. The van der Waals surface area contributed by atoms with Gasteiger partial charge in [0.15, 0.2) is 11.4 Å². The van der Waals surface area contributed by atoms with Crippen molar-refractivity contribution in [3.8, 4) is 0 Å². The van der Waals surface area contributed by atoms with Gasteiger partial charge in [-0.05, 0) is 25.4 Å². The van der Waals surface area contributed by atoms with Crippen LogP contribution < -0.4 is 5.32 Å². The number of aromatic amines is 1. The first kappa shape index (κ1) is 12.6. The maximum absolute atomic E-state index is 5.86. The monoisotopic (exact) mass is 283 g/mol. The molecule has 1 aliphatic rings. The highest BCUT2D eigenvalue weighted by Crippen LogP contribution is 2.24. The zero-order valence-corrected chi connectivity index (χ0v) is 11.4. The lowest BCUT2D eigenvalue weighted by atomic mass is 10.3. The van der Waals surface area contributed by atoms with Gasteiger partial charge in [0.25, 0.3) is 0 Å². The van der Waals surface area contributed by atoms with E-state index < -0.39 is 5.79 Å². The molecular formula is C11H14ClN5O2. The zero-order valence-electron chi connectivity index (χ0n) is 10.6. The summed E-state index contributed by atoms with van der Waals surface area (Å²) in [4.78, 5) is 8.20. The zero-order chi connectivity index (χ0) is 13.5. The lowest BCUT2D eigenvalue weighted by Gasteiger charge is -2.17. The van der Waals surface area contributed by atoms with E-state index in [1.807, 2.05) is 13.8 Å². The van der Waals surface area contributed by atoms with E-state index in [0.29, 0.717) is 24.6 Å². The van der Waals surface area contributed by atoms with Gasteiger partial charge in [0.1, 0.15) is 11.9 Å². The number of hydrogen-bond acceptors (Lipinski definition) is 6. The van der Waals surface area contributed by atoms with Gasteiger partial charge in [0.05, 0.1) is 18.2 Å². The van der Waals surface area contributed by atoms with E-state index in [4.69, 9.17) is 21.1 Å². The van der Waals surface area contributed by atoms with Crippen LogP contribution in [-0.4, -0.2) is 45.2 Å². The minimum absolute atomic E-state index is 0.0225. The van der Waals surface area contributed by atoms with Crippen molar-refractivity contribution in [1.82, 2.24) is 20.2 Å². The summed E-state index contributed by atoms with van der Waals surface area (Å²) in [6.07, 6.45) is 1.63. The Morgan fingerprint density at radius 2 is 2.37 bits per heavy atom. The molecule has 3 heterocycles. The molecule has 1 unspecified atom stereocenters. The summed E-state index contributed by atoms with van der Waals surface area (Å²) in [6, 6.07) is 0. The fourth-order valence-corrected chi connectivity index (χ4v) is 2.19. The highest BCUT2D eigenvalue weighted by molar-refractivity contribution is 6.28. The van der Waals surface area contributed by atoms with Gasteiger partial charge in [-0.1, -0.05) is 0 Å². The largest absolute Gasteiger partial charge is 0.367 e. The van der Waals surface area contributed by atoms with Crippen LogP contribution in [0.2, 0.25) is 5.28 Å². The molecule has 0 saturated carbocycles. The summed E-state index contributed by atoms with van der Waals surface area (Å²) in [5.74, 6) is 0.109. The summed E-state index contributed by atoms with van der Waals surface area (Å²) < 4.78 is 11.2. The molecule has 7 nitrogen and oxygen atoms in total. The van der Waals surface area contributed by atoms with Gasteiger partial charge in [-0.3, -0.25) is 5.10 Å². The first-order valence-corrected chi connectivity index (χ1v) is 6.33. The Kier molecular flexibility index (Phi) is 3.04. The number of fused-ring (bicyclic) bond motifs is 1. The Morgan fingerprint density at radius 3 is 3.11 bits per heavy atom. The number of anilines is 1. The molecule has 0 radical (unpaired) electrons. The molecule has 102 valence electrons. The van der Waals surface area contributed by atoms with Crippen molar-refractivity contribution in [2.24, 2.45) is 0 Å². The fraction of sp³-hybridized carbons (Fsp3) is 0.545. The SMILES string of the molecule is CC1(C)OCC(CNc2nc(Cl)nc3[nH]ncc23)O1. The molecule has 1 fully saturated rings. The van der Waals surface area contributed by atoms with Crippen LogP contribution >= 0.6 is 11.6 Å². The van der Waals surface area contributed by atoms with Crippen molar-refractivity contribution < 1.29 is 9.47 Å². The van der Waals surface area contributed by atoms with Crippen LogP contribution in [0.4, 0.5) is 5.82 Å². The van der Waals surface area contributed by atoms with E-state index in [1.54, 1.807) is 6.20 Å². The van der Waals surface area contributed by atoms with Crippen molar-refractivity contribution in [1.29, 1.82) is 0 Å². The van der Waals surface area contributed by atoms with Gasteiger partial charge < -0.3 is 14.8 Å². The van der Waals surface area contributed by atoms with E-state index in [1.165, 1.54) is 0 Å². The van der Waals surface area contributed by atoms with Crippen LogP contribution in [0.1, 0.15) is 13.8 Å². The lowest BCUT2D eigenvalue weighted by Crippen LogP contribution is -2.26. The average Bonchev–Trinajstić information content (AvgIpc) is 2.92. The standard InChI is InChI=1S/C11H14ClN5O2/c1-11(2)18-5-6(19-11)3-13-8-7-4-14-17-9(7)16-10(12)15-8/h4,6H,3,5H2,1-2H3,(H2,13,14,15,16,17). The molecule has 2 N–H and O–H groups in total. The molecule has 0 aliphatic carbocycles. The van der Waals surface area contributed by atoms with Crippen LogP contribution in [0.3, 0.4) is 0 Å². The lowest BCUT2D eigenvalue weighted by molar-refractivity contribution is -0.136. The van der Waals surface area contributed by atoms with E-state index in [-0.39, 0.29) is 11.4 Å². The van der Waals surface area contributed by atoms with Gasteiger partial charge in [0, 0.05) is 6.54 Å². The first-order chi connectivity index (χ1) is 9.03.